The fourth-order valence-corrected chi connectivity index (χ4v) is 2.36. The molecule has 0 saturated heterocycles. The van der Waals surface area contributed by atoms with Gasteiger partial charge in [-0.15, -0.1) is 13.2 Å². The van der Waals surface area contributed by atoms with E-state index in [0.717, 1.165) is 12.5 Å². The number of alkyl halides is 3. The number of para-hydroxylation sites is 1. The van der Waals surface area contributed by atoms with Crippen LogP contribution in [0.3, 0.4) is 0 Å². The van der Waals surface area contributed by atoms with Gasteiger partial charge in [-0.2, -0.15) is 0 Å². The van der Waals surface area contributed by atoms with E-state index in [0.29, 0.717) is 12.8 Å². The number of carbonyl (C=O) groups is 1. The summed E-state index contributed by atoms with van der Waals surface area (Å²) in [6.07, 6.45) is -2.96. The first-order valence-corrected chi connectivity index (χ1v) is 6.01. The fourth-order valence-electron chi connectivity index (χ4n) is 2.36. The SMILES string of the molecule is NC1CCC(C(=O)c2ccccc2OC(F)(F)F)C1. The first-order valence-electron chi connectivity index (χ1n) is 6.01. The van der Waals surface area contributed by atoms with Crippen LogP contribution in [0.1, 0.15) is 29.6 Å². The average molecular weight is 273 g/mol. The molecular weight excluding hydrogens is 259 g/mol. The molecule has 2 atom stereocenters. The topological polar surface area (TPSA) is 52.3 Å². The lowest BCUT2D eigenvalue weighted by atomic mass is 9.95. The molecule has 0 bridgehead atoms. The van der Waals surface area contributed by atoms with Crippen molar-refractivity contribution in [1.29, 1.82) is 0 Å². The van der Waals surface area contributed by atoms with E-state index < -0.39 is 12.1 Å². The van der Waals surface area contributed by atoms with Crippen LogP contribution in [0.5, 0.6) is 5.75 Å². The minimum atomic E-state index is -4.80. The third-order valence-electron chi connectivity index (χ3n) is 3.22. The Kier molecular flexibility index (Phi) is 3.80. The highest BCUT2D eigenvalue weighted by Crippen LogP contribution is 2.32. The second kappa shape index (κ2) is 5.21. The van der Waals surface area contributed by atoms with Gasteiger partial charge in [-0.25, -0.2) is 0 Å². The van der Waals surface area contributed by atoms with Crippen molar-refractivity contribution in [3.63, 3.8) is 0 Å². The Hall–Kier alpha value is -1.56. The first-order chi connectivity index (χ1) is 8.87. The monoisotopic (exact) mass is 273 g/mol. The van der Waals surface area contributed by atoms with Crippen molar-refractivity contribution < 1.29 is 22.7 Å². The van der Waals surface area contributed by atoms with Crippen LogP contribution in [0.4, 0.5) is 13.2 Å². The Morgan fingerprint density at radius 1 is 1.26 bits per heavy atom. The van der Waals surface area contributed by atoms with Gasteiger partial charge in [0.1, 0.15) is 5.75 Å². The second-order valence-electron chi connectivity index (χ2n) is 4.68. The maximum absolute atomic E-state index is 12.3. The second-order valence-corrected chi connectivity index (χ2v) is 4.68. The van der Waals surface area contributed by atoms with E-state index in [-0.39, 0.29) is 23.3 Å². The predicted octanol–water partition coefficient (Wildman–Crippen LogP) is 2.90. The van der Waals surface area contributed by atoms with Crippen molar-refractivity contribution in [1.82, 2.24) is 0 Å². The van der Waals surface area contributed by atoms with Crippen LogP contribution >= 0.6 is 0 Å². The zero-order valence-corrected chi connectivity index (χ0v) is 10.1. The number of hydrogen-bond donors (Lipinski definition) is 1. The molecule has 0 amide bonds. The minimum Gasteiger partial charge on any atom is -0.405 e. The summed E-state index contributed by atoms with van der Waals surface area (Å²) in [7, 11) is 0. The van der Waals surface area contributed by atoms with Crippen molar-refractivity contribution in [3.05, 3.63) is 29.8 Å². The quantitative estimate of drug-likeness (QED) is 0.861. The van der Waals surface area contributed by atoms with Crippen LogP contribution in [0.2, 0.25) is 0 Å². The van der Waals surface area contributed by atoms with Gasteiger partial charge in [0.05, 0.1) is 5.56 Å². The van der Waals surface area contributed by atoms with Gasteiger partial charge >= 0.3 is 6.36 Å². The van der Waals surface area contributed by atoms with E-state index in [9.17, 15) is 18.0 Å². The molecule has 1 aromatic carbocycles. The summed E-state index contributed by atoms with van der Waals surface area (Å²) in [6.45, 7) is 0. The number of nitrogens with two attached hydrogens (primary N) is 1. The maximum atomic E-state index is 12.3. The van der Waals surface area contributed by atoms with E-state index in [1.807, 2.05) is 0 Å². The molecule has 1 aromatic rings. The molecule has 2 rings (SSSR count). The summed E-state index contributed by atoms with van der Waals surface area (Å²) in [5, 5.41) is 0. The van der Waals surface area contributed by atoms with Crippen molar-refractivity contribution in [2.45, 2.75) is 31.7 Å². The largest absolute Gasteiger partial charge is 0.573 e. The lowest BCUT2D eigenvalue weighted by molar-refractivity contribution is -0.274. The number of ketones is 1. The van der Waals surface area contributed by atoms with Crippen LogP contribution in [-0.4, -0.2) is 18.2 Å². The van der Waals surface area contributed by atoms with E-state index in [4.69, 9.17) is 5.73 Å². The van der Waals surface area contributed by atoms with Gasteiger partial charge in [-0.05, 0) is 31.4 Å². The minimum absolute atomic E-state index is 0.0288. The maximum Gasteiger partial charge on any atom is 0.573 e. The molecule has 3 nitrogen and oxygen atoms in total. The number of carbonyl (C=O) groups excluding carboxylic acids is 1. The normalized spacial score (nSPS) is 23.4. The van der Waals surface area contributed by atoms with E-state index >= 15 is 0 Å². The molecule has 0 heterocycles. The Bertz CT molecular complexity index is 473. The van der Waals surface area contributed by atoms with Gasteiger partial charge < -0.3 is 10.5 Å². The highest BCUT2D eigenvalue weighted by atomic mass is 19.4. The molecule has 0 aromatic heterocycles. The van der Waals surface area contributed by atoms with Gasteiger partial charge in [-0.1, -0.05) is 12.1 Å². The predicted molar refractivity (Wildman–Crippen MR) is 62.8 cm³/mol. The van der Waals surface area contributed by atoms with Crippen LogP contribution in [0.15, 0.2) is 24.3 Å². The highest BCUT2D eigenvalue weighted by Gasteiger charge is 2.35. The molecule has 1 aliphatic rings. The summed E-state index contributed by atoms with van der Waals surface area (Å²) < 4.78 is 40.7. The molecule has 6 heteroatoms. The molecule has 2 N–H and O–H groups in total. The molecule has 0 radical (unpaired) electrons. The summed E-state index contributed by atoms with van der Waals surface area (Å²) in [5.41, 5.74) is 5.69. The molecule has 1 aliphatic carbocycles. The molecular formula is C13H14F3NO2. The smallest absolute Gasteiger partial charge is 0.405 e. The van der Waals surface area contributed by atoms with Crippen molar-refractivity contribution in [2.75, 3.05) is 0 Å². The fraction of sp³-hybridized carbons (Fsp3) is 0.462. The molecule has 1 fully saturated rings. The number of Topliss-reactive ketones (excluding diaryl/α,β-unsaturated/α-hetero) is 1. The third-order valence-corrected chi connectivity index (χ3v) is 3.22. The van der Waals surface area contributed by atoms with Gasteiger partial charge in [0.2, 0.25) is 0 Å². The van der Waals surface area contributed by atoms with Crippen molar-refractivity contribution >= 4 is 5.78 Å². The van der Waals surface area contributed by atoms with Crippen LogP contribution in [0, 0.1) is 5.92 Å². The number of benzene rings is 1. The Morgan fingerprint density at radius 2 is 1.95 bits per heavy atom. The van der Waals surface area contributed by atoms with Crippen LogP contribution < -0.4 is 10.5 Å². The molecule has 0 aliphatic heterocycles. The van der Waals surface area contributed by atoms with Gasteiger partial charge in [0.15, 0.2) is 5.78 Å². The summed E-state index contributed by atoms with van der Waals surface area (Å²) in [4.78, 5) is 12.2. The van der Waals surface area contributed by atoms with Crippen LogP contribution in [0.25, 0.3) is 0 Å². The van der Waals surface area contributed by atoms with E-state index in [1.54, 1.807) is 0 Å². The van der Waals surface area contributed by atoms with Gasteiger partial charge in [0, 0.05) is 12.0 Å². The van der Waals surface area contributed by atoms with Gasteiger partial charge in [0.25, 0.3) is 0 Å². The number of halogens is 3. The zero-order chi connectivity index (χ0) is 14.0. The zero-order valence-electron chi connectivity index (χ0n) is 10.1. The summed E-state index contributed by atoms with van der Waals surface area (Å²) in [5.74, 6) is -1.08. The molecule has 1 saturated carbocycles. The summed E-state index contributed by atoms with van der Waals surface area (Å²) in [6, 6.07) is 5.37. The Morgan fingerprint density at radius 3 is 2.53 bits per heavy atom. The van der Waals surface area contributed by atoms with E-state index in [1.165, 1.54) is 18.2 Å². The van der Waals surface area contributed by atoms with E-state index in [2.05, 4.69) is 4.74 Å². The lowest BCUT2D eigenvalue weighted by Gasteiger charge is -2.14. The number of rotatable bonds is 3. The molecule has 0 spiro atoms. The number of hydrogen-bond acceptors (Lipinski definition) is 3. The highest BCUT2D eigenvalue weighted by molar-refractivity contribution is 6.00. The van der Waals surface area contributed by atoms with Crippen molar-refractivity contribution in [3.8, 4) is 5.75 Å². The van der Waals surface area contributed by atoms with Crippen LogP contribution in [-0.2, 0) is 0 Å². The van der Waals surface area contributed by atoms with Crippen molar-refractivity contribution in [2.24, 2.45) is 11.7 Å². The standard InChI is InChI=1S/C13H14F3NO2/c14-13(15,16)19-11-4-2-1-3-10(11)12(18)8-5-6-9(17)7-8/h1-4,8-9H,5-7,17H2. The lowest BCUT2D eigenvalue weighted by Crippen LogP contribution is -2.21. The first kappa shape index (κ1) is 13.9. The summed E-state index contributed by atoms with van der Waals surface area (Å²) >= 11 is 0. The average Bonchev–Trinajstić information content (AvgIpc) is 2.74. The molecule has 19 heavy (non-hydrogen) atoms. The molecule has 104 valence electrons. The molecule has 2 unspecified atom stereocenters. The third kappa shape index (κ3) is 3.47. The Balaban J connectivity index is 2.22. The Labute approximate surface area is 108 Å². The number of ether oxygens (including phenoxy) is 1. The van der Waals surface area contributed by atoms with Gasteiger partial charge in [-0.3, -0.25) is 4.79 Å².